The molecule has 35 heavy (non-hydrogen) atoms. The molecule has 1 saturated heterocycles. The maximum Gasteiger partial charge on any atom is 0.279 e. The van der Waals surface area contributed by atoms with Gasteiger partial charge in [-0.05, 0) is 64.8 Å². The van der Waals surface area contributed by atoms with E-state index in [9.17, 15) is 9.59 Å². The number of piperidine rings is 1. The van der Waals surface area contributed by atoms with Crippen LogP contribution >= 0.6 is 0 Å². The fourth-order valence-corrected chi connectivity index (χ4v) is 5.56. The molecule has 1 amide bonds. The van der Waals surface area contributed by atoms with Gasteiger partial charge in [0.25, 0.3) is 11.5 Å². The Bertz CT molecular complexity index is 1240. The highest BCUT2D eigenvalue weighted by molar-refractivity contribution is 6.02. The second-order valence-electron chi connectivity index (χ2n) is 9.74. The van der Waals surface area contributed by atoms with E-state index in [0.29, 0.717) is 11.1 Å². The number of para-hydroxylation sites is 1. The highest BCUT2D eigenvalue weighted by atomic mass is 16.1. The molecule has 0 aliphatic carbocycles. The summed E-state index contributed by atoms with van der Waals surface area (Å²) >= 11 is 0. The number of nitrogens with zero attached hydrogens (tertiary/aromatic N) is 4. The lowest BCUT2D eigenvalue weighted by Crippen LogP contribution is -2.33. The van der Waals surface area contributed by atoms with Crippen LogP contribution in [0.25, 0.3) is 16.8 Å². The number of aromatic nitrogens is 3. The minimum absolute atomic E-state index is 0.121. The van der Waals surface area contributed by atoms with Crippen LogP contribution in [0.15, 0.2) is 35.1 Å². The lowest BCUT2D eigenvalue weighted by molar-refractivity contribution is 0.1000. The Kier molecular flexibility index (Phi) is 7.65. The number of carbonyl (C=O) groups is 1. The van der Waals surface area contributed by atoms with Crippen molar-refractivity contribution in [3.63, 3.8) is 0 Å². The minimum atomic E-state index is -0.471. The number of benzene rings is 1. The number of amides is 1. The summed E-state index contributed by atoms with van der Waals surface area (Å²) in [6.07, 6.45) is 6.61. The molecule has 3 heterocycles. The molecule has 188 valence electrons. The molecule has 0 unspecified atom stereocenters. The van der Waals surface area contributed by atoms with E-state index in [1.54, 1.807) is 4.68 Å². The van der Waals surface area contributed by atoms with Gasteiger partial charge in [0, 0.05) is 42.8 Å². The van der Waals surface area contributed by atoms with E-state index in [2.05, 4.69) is 16.4 Å². The fraction of sp³-hybridized carbons (Fsp3) is 0.500. The number of unbranched alkanes of at least 4 members (excludes halogenated alkanes) is 1. The zero-order valence-electron chi connectivity index (χ0n) is 21.6. The first kappa shape index (κ1) is 25.0. The van der Waals surface area contributed by atoms with Crippen molar-refractivity contribution in [1.29, 1.82) is 0 Å². The molecule has 1 fully saturated rings. The third kappa shape index (κ3) is 4.74. The van der Waals surface area contributed by atoms with Gasteiger partial charge in [-0.15, -0.1) is 0 Å². The van der Waals surface area contributed by atoms with E-state index in [1.807, 2.05) is 55.9 Å². The maximum absolute atomic E-state index is 13.9. The summed E-state index contributed by atoms with van der Waals surface area (Å²) < 4.78 is 5.82. The van der Waals surface area contributed by atoms with Crippen LogP contribution < -0.4 is 11.3 Å². The van der Waals surface area contributed by atoms with Crippen molar-refractivity contribution in [1.82, 2.24) is 18.8 Å². The highest BCUT2D eigenvalue weighted by Crippen LogP contribution is 2.34. The Morgan fingerprint density at radius 1 is 0.971 bits per heavy atom. The molecule has 7 nitrogen and oxygen atoms in total. The van der Waals surface area contributed by atoms with Gasteiger partial charge < -0.3 is 15.2 Å². The molecular weight excluding hydrogens is 438 g/mol. The van der Waals surface area contributed by atoms with Gasteiger partial charge in [0.05, 0.1) is 16.8 Å². The number of hydrogen-bond acceptors (Lipinski definition) is 3. The summed E-state index contributed by atoms with van der Waals surface area (Å²) in [6.45, 7) is 10.1. The molecule has 3 aromatic rings. The Morgan fingerprint density at radius 3 is 2.29 bits per heavy atom. The van der Waals surface area contributed by atoms with Gasteiger partial charge >= 0.3 is 0 Å². The number of rotatable bonds is 9. The first-order valence-corrected chi connectivity index (χ1v) is 12.9. The summed E-state index contributed by atoms with van der Waals surface area (Å²) in [7, 11) is 1.89. The first-order valence-electron chi connectivity index (χ1n) is 12.9. The fourth-order valence-electron chi connectivity index (χ4n) is 5.56. The van der Waals surface area contributed by atoms with Crippen LogP contribution in [0.2, 0.25) is 0 Å². The van der Waals surface area contributed by atoms with E-state index in [0.717, 1.165) is 73.8 Å². The third-order valence-electron chi connectivity index (χ3n) is 7.54. The van der Waals surface area contributed by atoms with E-state index in [1.165, 1.54) is 19.3 Å². The molecule has 1 aromatic carbocycles. The molecule has 0 bridgehead atoms. The molecule has 0 atom stereocenters. The zero-order chi connectivity index (χ0) is 25.1. The molecule has 2 N–H and O–H groups in total. The summed E-state index contributed by atoms with van der Waals surface area (Å²) in [5.74, 6) is -0.471. The SMILES string of the molecule is CCCCc1c(-c2c(C)n(C)n(-c3ccccc3)c2=O)c(C(N)=O)c(C)n1CCN1CCCCC1. The van der Waals surface area contributed by atoms with Crippen LogP contribution in [-0.2, 0) is 20.0 Å². The molecule has 4 rings (SSSR count). The topological polar surface area (TPSA) is 78.2 Å². The molecule has 7 heteroatoms. The van der Waals surface area contributed by atoms with Gasteiger partial charge in [-0.1, -0.05) is 38.0 Å². The van der Waals surface area contributed by atoms with Gasteiger partial charge in [-0.3, -0.25) is 14.3 Å². The predicted molar refractivity (Wildman–Crippen MR) is 141 cm³/mol. The molecule has 1 aliphatic heterocycles. The van der Waals surface area contributed by atoms with Crippen LogP contribution in [-0.4, -0.2) is 44.4 Å². The number of carbonyl (C=O) groups excluding carboxylic acids is 1. The maximum atomic E-state index is 13.9. The summed E-state index contributed by atoms with van der Waals surface area (Å²) in [6, 6.07) is 9.63. The van der Waals surface area contributed by atoms with E-state index in [-0.39, 0.29) is 5.56 Å². The second-order valence-corrected chi connectivity index (χ2v) is 9.74. The number of nitrogens with two attached hydrogens (primary N) is 1. The molecular formula is C28H39N5O2. The van der Waals surface area contributed by atoms with Gasteiger partial charge in [0.1, 0.15) is 0 Å². The van der Waals surface area contributed by atoms with Gasteiger partial charge in [-0.25, -0.2) is 4.68 Å². The van der Waals surface area contributed by atoms with Crippen LogP contribution in [0.4, 0.5) is 0 Å². The third-order valence-corrected chi connectivity index (χ3v) is 7.54. The van der Waals surface area contributed by atoms with Gasteiger partial charge in [0.15, 0.2) is 0 Å². The first-order chi connectivity index (χ1) is 16.9. The van der Waals surface area contributed by atoms with Crippen molar-refractivity contribution in [2.45, 2.75) is 65.8 Å². The molecule has 0 radical (unpaired) electrons. The Hall–Kier alpha value is -3.06. The predicted octanol–water partition coefficient (Wildman–Crippen LogP) is 4.19. The quantitative estimate of drug-likeness (QED) is 0.502. The summed E-state index contributed by atoms with van der Waals surface area (Å²) in [4.78, 5) is 29.2. The number of likely N-dealkylation sites (tertiary alicyclic amines) is 1. The minimum Gasteiger partial charge on any atom is -0.366 e. The Morgan fingerprint density at radius 2 is 1.66 bits per heavy atom. The molecule has 1 aliphatic rings. The lowest BCUT2D eigenvalue weighted by atomic mass is 9.98. The van der Waals surface area contributed by atoms with Gasteiger partial charge in [0.2, 0.25) is 0 Å². The van der Waals surface area contributed by atoms with Crippen molar-refractivity contribution in [3.05, 3.63) is 63.3 Å². The average Bonchev–Trinajstić information content (AvgIpc) is 3.25. The monoisotopic (exact) mass is 477 g/mol. The average molecular weight is 478 g/mol. The molecule has 0 spiro atoms. The second kappa shape index (κ2) is 10.7. The van der Waals surface area contributed by atoms with Gasteiger partial charge in [-0.2, -0.15) is 0 Å². The standard InChI is InChI=1S/C28H39N5O2/c1-5-6-15-23-26(25-20(2)30(4)33(28(25)35)22-13-9-7-10-14-22)24(27(29)34)21(3)32(23)19-18-31-16-11-8-12-17-31/h7,9-10,13-14H,5-6,8,11-12,15-19H2,1-4H3,(H2,29,34). The van der Waals surface area contributed by atoms with Crippen LogP contribution in [0.5, 0.6) is 0 Å². The summed E-state index contributed by atoms with van der Waals surface area (Å²) in [5.41, 5.74) is 11.2. The lowest BCUT2D eigenvalue weighted by Gasteiger charge is -2.27. The zero-order valence-corrected chi connectivity index (χ0v) is 21.6. The number of hydrogen-bond donors (Lipinski definition) is 1. The van der Waals surface area contributed by atoms with E-state index >= 15 is 0 Å². The van der Waals surface area contributed by atoms with E-state index in [4.69, 9.17) is 5.73 Å². The van der Waals surface area contributed by atoms with Crippen molar-refractivity contribution in [3.8, 4) is 16.8 Å². The van der Waals surface area contributed by atoms with Crippen LogP contribution in [0.3, 0.4) is 0 Å². The Balaban J connectivity index is 1.90. The van der Waals surface area contributed by atoms with Crippen LogP contribution in [0.1, 0.15) is 66.5 Å². The smallest absolute Gasteiger partial charge is 0.279 e. The largest absolute Gasteiger partial charge is 0.366 e. The normalized spacial score (nSPS) is 14.5. The highest BCUT2D eigenvalue weighted by Gasteiger charge is 2.30. The number of primary amides is 1. The summed E-state index contributed by atoms with van der Waals surface area (Å²) in [5, 5.41) is 0. The molecule has 2 aromatic heterocycles. The van der Waals surface area contributed by atoms with Crippen LogP contribution in [0, 0.1) is 13.8 Å². The van der Waals surface area contributed by atoms with Crippen molar-refractivity contribution >= 4 is 5.91 Å². The Labute approximate surface area is 208 Å². The van der Waals surface area contributed by atoms with Crippen molar-refractivity contribution in [2.24, 2.45) is 12.8 Å². The van der Waals surface area contributed by atoms with Crippen molar-refractivity contribution in [2.75, 3.05) is 19.6 Å². The molecule has 0 saturated carbocycles. The van der Waals surface area contributed by atoms with E-state index < -0.39 is 5.91 Å². The van der Waals surface area contributed by atoms with Crippen molar-refractivity contribution < 1.29 is 4.79 Å².